The fourth-order valence-electron chi connectivity index (χ4n) is 5.17. The number of rotatable bonds is 6. The van der Waals surface area contributed by atoms with Crippen LogP contribution in [0.2, 0.25) is 0 Å². The number of halogens is 1. The van der Waals surface area contributed by atoms with E-state index in [9.17, 15) is 9.18 Å². The number of aromatic nitrogens is 2. The third-order valence-electron chi connectivity index (χ3n) is 7.00. The van der Waals surface area contributed by atoms with Gasteiger partial charge in [-0.25, -0.2) is 9.07 Å². The Kier molecular flexibility index (Phi) is 7.02. The van der Waals surface area contributed by atoms with Crippen molar-refractivity contribution >= 4 is 5.91 Å². The molecule has 2 N–H and O–H groups in total. The van der Waals surface area contributed by atoms with Crippen LogP contribution in [-0.2, 0) is 6.54 Å². The van der Waals surface area contributed by atoms with E-state index in [0.29, 0.717) is 11.3 Å². The summed E-state index contributed by atoms with van der Waals surface area (Å²) in [6.07, 6.45) is 5.37. The van der Waals surface area contributed by atoms with E-state index in [1.807, 2.05) is 12.1 Å². The Morgan fingerprint density at radius 1 is 1.03 bits per heavy atom. The lowest BCUT2D eigenvalue weighted by atomic mass is 9.91. The van der Waals surface area contributed by atoms with E-state index in [1.165, 1.54) is 17.7 Å². The number of carbonyl (C=O) groups is 1. The van der Waals surface area contributed by atoms with Crippen LogP contribution in [0.25, 0.3) is 5.69 Å². The van der Waals surface area contributed by atoms with Crippen LogP contribution in [0.4, 0.5) is 4.39 Å². The van der Waals surface area contributed by atoms with Gasteiger partial charge in [0.25, 0.3) is 5.91 Å². The van der Waals surface area contributed by atoms with Gasteiger partial charge in [-0.1, -0.05) is 36.4 Å². The zero-order valence-electron chi connectivity index (χ0n) is 19.4. The van der Waals surface area contributed by atoms with Gasteiger partial charge in [0.1, 0.15) is 5.82 Å². The number of amides is 1. The predicted octanol–water partition coefficient (Wildman–Crippen LogP) is 3.87. The van der Waals surface area contributed by atoms with E-state index < -0.39 is 0 Å². The van der Waals surface area contributed by atoms with E-state index in [2.05, 4.69) is 44.9 Å². The molecule has 178 valence electrons. The van der Waals surface area contributed by atoms with Crippen LogP contribution in [0.5, 0.6) is 0 Å². The molecule has 3 aromatic rings. The summed E-state index contributed by atoms with van der Waals surface area (Å²) in [4.78, 5) is 15.8. The molecule has 0 saturated carbocycles. The fraction of sp³-hybridized carbons (Fsp3) is 0.407. The summed E-state index contributed by atoms with van der Waals surface area (Å²) in [5.74, 6) is -0.171. The average Bonchev–Trinajstić information content (AvgIpc) is 3.32. The number of piperidine rings is 2. The third kappa shape index (κ3) is 5.21. The maximum Gasteiger partial charge on any atom is 0.255 e. The third-order valence-corrected chi connectivity index (χ3v) is 7.00. The molecule has 7 heteroatoms. The van der Waals surface area contributed by atoms with Crippen molar-refractivity contribution in [1.29, 1.82) is 0 Å². The summed E-state index contributed by atoms with van der Waals surface area (Å²) >= 11 is 0. The van der Waals surface area contributed by atoms with Crippen LogP contribution in [0.15, 0.2) is 60.8 Å². The lowest BCUT2D eigenvalue weighted by Crippen LogP contribution is -2.44. The molecular formula is C27H32FN5O. The summed E-state index contributed by atoms with van der Waals surface area (Å²) in [5.41, 5.74) is 3.48. The molecular weight excluding hydrogens is 429 g/mol. The summed E-state index contributed by atoms with van der Waals surface area (Å²) in [6, 6.07) is 17.1. The van der Waals surface area contributed by atoms with Gasteiger partial charge < -0.3 is 10.6 Å². The first-order valence-corrected chi connectivity index (χ1v) is 12.3. The van der Waals surface area contributed by atoms with Crippen molar-refractivity contribution in [3.63, 3.8) is 0 Å². The van der Waals surface area contributed by atoms with Crippen molar-refractivity contribution in [3.05, 3.63) is 83.4 Å². The number of hydrogen-bond acceptors (Lipinski definition) is 4. The molecule has 6 nitrogen and oxygen atoms in total. The van der Waals surface area contributed by atoms with Gasteiger partial charge in [0, 0.05) is 31.6 Å². The van der Waals surface area contributed by atoms with Gasteiger partial charge >= 0.3 is 0 Å². The van der Waals surface area contributed by atoms with E-state index >= 15 is 0 Å². The van der Waals surface area contributed by atoms with E-state index in [0.717, 1.165) is 64.1 Å². The number of benzene rings is 2. The fourth-order valence-corrected chi connectivity index (χ4v) is 5.17. The van der Waals surface area contributed by atoms with Crippen LogP contribution in [0.3, 0.4) is 0 Å². The molecule has 0 bridgehead atoms. The maximum absolute atomic E-state index is 13.9. The minimum Gasteiger partial charge on any atom is -0.349 e. The zero-order valence-corrected chi connectivity index (χ0v) is 19.4. The van der Waals surface area contributed by atoms with E-state index in [-0.39, 0.29) is 23.7 Å². The quantitative estimate of drug-likeness (QED) is 0.585. The Morgan fingerprint density at radius 2 is 1.79 bits per heavy atom. The molecule has 0 radical (unpaired) electrons. The number of carbonyl (C=O) groups excluding carboxylic acids is 1. The standard InChI is InChI=1S/C27H32FN5O/c28-22-7-4-8-24(17-22)33-26(21-9-13-29-14-10-21)25(18-30-33)27(34)31-23-11-15-32(16-12-23)19-20-5-2-1-3-6-20/h1-8,17-18,21,23,29H,9-16,19H2,(H,31,34). The number of likely N-dealkylation sites (tertiary alicyclic amines) is 1. The normalized spacial score (nSPS) is 18.1. The van der Waals surface area contributed by atoms with Gasteiger partial charge in [0.15, 0.2) is 0 Å². The smallest absolute Gasteiger partial charge is 0.255 e. The molecule has 0 atom stereocenters. The SMILES string of the molecule is O=C(NC1CCN(Cc2ccccc2)CC1)c1cnn(-c2cccc(F)c2)c1C1CCNCC1. The highest BCUT2D eigenvalue weighted by Gasteiger charge is 2.29. The van der Waals surface area contributed by atoms with Crippen molar-refractivity contribution < 1.29 is 9.18 Å². The summed E-state index contributed by atoms with van der Waals surface area (Å²) in [7, 11) is 0. The highest BCUT2D eigenvalue weighted by Crippen LogP contribution is 2.30. The second kappa shape index (κ2) is 10.5. The number of nitrogens with zero attached hydrogens (tertiary/aromatic N) is 3. The molecule has 1 amide bonds. The van der Waals surface area contributed by atoms with Crippen LogP contribution < -0.4 is 10.6 Å². The Balaban J connectivity index is 1.29. The molecule has 34 heavy (non-hydrogen) atoms. The van der Waals surface area contributed by atoms with Crippen molar-refractivity contribution in [3.8, 4) is 5.69 Å². The lowest BCUT2D eigenvalue weighted by Gasteiger charge is -2.32. The van der Waals surface area contributed by atoms with Crippen LogP contribution >= 0.6 is 0 Å². The van der Waals surface area contributed by atoms with Gasteiger partial charge in [-0.3, -0.25) is 9.69 Å². The Hall–Kier alpha value is -3.03. The first kappa shape index (κ1) is 22.7. The molecule has 0 spiro atoms. The Bertz CT molecular complexity index is 1100. The van der Waals surface area contributed by atoms with E-state index in [4.69, 9.17) is 0 Å². The minimum atomic E-state index is -0.308. The highest BCUT2D eigenvalue weighted by molar-refractivity contribution is 5.95. The first-order chi connectivity index (χ1) is 16.7. The number of hydrogen-bond donors (Lipinski definition) is 2. The molecule has 2 aliphatic rings. The molecule has 2 saturated heterocycles. The monoisotopic (exact) mass is 461 g/mol. The largest absolute Gasteiger partial charge is 0.349 e. The topological polar surface area (TPSA) is 62.2 Å². The second-order valence-electron chi connectivity index (χ2n) is 9.37. The molecule has 1 aromatic heterocycles. The predicted molar refractivity (Wildman–Crippen MR) is 131 cm³/mol. The van der Waals surface area contributed by atoms with Crippen molar-refractivity contribution in [1.82, 2.24) is 25.3 Å². The van der Waals surface area contributed by atoms with Gasteiger partial charge in [-0.15, -0.1) is 0 Å². The molecule has 2 aliphatic heterocycles. The molecule has 2 fully saturated rings. The zero-order chi connectivity index (χ0) is 23.3. The molecule has 0 aliphatic carbocycles. The van der Waals surface area contributed by atoms with E-state index in [1.54, 1.807) is 16.9 Å². The van der Waals surface area contributed by atoms with Gasteiger partial charge in [0.05, 0.1) is 23.1 Å². The maximum atomic E-state index is 13.9. The summed E-state index contributed by atoms with van der Waals surface area (Å²) in [6.45, 7) is 4.68. The second-order valence-corrected chi connectivity index (χ2v) is 9.37. The summed E-state index contributed by atoms with van der Waals surface area (Å²) in [5, 5.41) is 11.2. The molecule has 2 aromatic carbocycles. The minimum absolute atomic E-state index is 0.0716. The Labute approximate surface area is 200 Å². The van der Waals surface area contributed by atoms with Crippen molar-refractivity contribution in [2.45, 2.75) is 44.2 Å². The summed E-state index contributed by atoms with van der Waals surface area (Å²) < 4.78 is 15.7. The average molecular weight is 462 g/mol. The Morgan fingerprint density at radius 3 is 2.53 bits per heavy atom. The highest BCUT2D eigenvalue weighted by atomic mass is 19.1. The van der Waals surface area contributed by atoms with Crippen molar-refractivity contribution in [2.24, 2.45) is 0 Å². The van der Waals surface area contributed by atoms with Crippen molar-refractivity contribution in [2.75, 3.05) is 26.2 Å². The molecule has 5 rings (SSSR count). The van der Waals surface area contributed by atoms with Gasteiger partial charge in [-0.05, 0) is 62.5 Å². The number of nitrogens with one attached hydrogen (secondary N) is 2. The van der Waals surface area contributed by atoms with Gasteiger partial charge in [0.2, 0.25) is 0 Å². The van der Waals surface area contributed by atoms with Crippen LogP contribution in [0.1, 0.15) is 53.2 Å². The van der Waals surface area contributed by atoms with Crippen LogP contribution in [-0.4, -0.2) is 52.8 Å². The van der Waals surface area contributed by atoms with Gasteiger partial charge in [-0.2, -0.15) is 5.10 Å². The first-order valence-electron chi connectivity index (χ1n) is 12.3. The molecule has 0 unspecified atom stereocenters. The molecule has 3 heterocycles. The lowest BCUT2D eigenvalue weighted by molar-refractivity contribution is 0.0907. The van der Waals surface area contributed by atoms with Crippen LogP contribution in [0, 0.1) is 5.82 Å².